The lowest BCUT2D eigenvalue weighted by molar-refractivity contribution is 0.203. The van der Waals surface area contributed by atoms with Gasteiger partial charge in [-0.05, 0) is 12.1 Å². The number of amidine groups is 1. The minimum Gasteiger partial charge on any atom is -0.425 e. The lowest BCUT2D eigenvalue weighted by atomic mass is 10.2. The Bertz CT molecular complexity index is 817. The molecule has 1 aromatic carbocycles. The van der Waals surface area contributed by atoms with Crippen LogP contribution in [0.3, 0.4) is 0 Å². The van der Waals surface area contributed by atoms with Crippen LogP contribution in [0.2, 0.25) is 0 Å². The number of nitrogens with zero attached hydrogens (tertiary/aromatic N) is 4. The van der Waals surface area contributed by atoms with Gasteiger partial charge in [0, 0.05) is 25.0 Å². The van der Waals surface area contributed by atoms with Crippen molar-refractivity contribution in [3.63, 3.8) is 0 Å². The smallest absolute Gasteiger partial charge is 0.238 e. The molecular weight excluding hydrogens is 270 g/mol. The Balaban J connectivity index is 1.97. The molecule has 0 atom stereocenters. The third-order valence-electron chi connectivity index (χ3n) is 3.27. The maximum Gasteiger partial charge on any atom is 0.238 e. The average Bonchev–Trinajstić information content (AvgIpc) is 3.00. The summed E-state index contributed by atoms with van der Waals surface area (Å²) in [5.41, 5.74) is 6.94. The Labute approximate surface area is 120 Å². The number of aromatic nitrogens is 4. The van der Waals surface area contributed by atoms with Gasteiger partial charge in [-0.15, -0.1) is 4.73 Å². The molecule has 0 aliphatic heterocycles. The molecule has 3 rings (SSSR count). The number of nitrogens with one attached hydrogen (secondary N) is 2. The molecule has 8 nitrogen and oxygen atoms in total. The molecule has 2 aromatic heterocycles. The Morgan fingerprint density at radius 3 is 2.95 bits per heavy atom. The van der Waals surface area contributed by atoms with Gasteiger partial charge in [0.1, 0.15) is 17.2 Å². The number of nitrogens with two attached hydrogens (primary N) is 1. The number of benzene rings is 1. The van der Waals surface area contributed by atoms with E-state index in [9.17, 15) is 5.21 Å². The minimum atomic E-state index is -0.119. The lowest BCUT2D eigenvalue weighted by Gasteiger charge is -2.06. The van der Waals surface area contributed by atoms with E-state index < -0.39 is 0 Å². The van der Waals surface area contributed by atoms with Gasteiger partial charge in [-0.25, -0.2) is 9.97 Å². The third kappa shape index (κ3) is 2.16. The van der Waals surface area contributed by atoms with E-state index in [0.29, 0.717) is 23.1 Å². The minimum absolute atomic E-state index is 0.119. The fraction of sp³-hybridized carbons (Fsp3) is 0.154. The highest BCUT2D eigenvalue weighted by Gasteiger charge is 2.15. The first-order chi connectivity index (χ1) is 10.1. The second-order valence-electron chi connectivity index (χ2n) is 4.64. The third-order valence-corrected chi connectivity index (χ3v) is 3.27. The quantitative estimate of drug-likeness (QED) is 0.323. The molecule has 8 heteroatoms. The van der Waals surface area contributed by atoms with E-state index in [-0.39, 0.29) is 11.8 Å². The second-order valence-corrected chi connectivity index (χ2v) is 4.64. The van der Waals surface area contributed by atoms with Crippen LogP contribution in [0.15, 0.2) is 30.6 Å². The summed E-state index contributed by atoms with van der Waals surface area (Å²) in [5, 5.41) is 20.8. The van der Waals surface area contributed by atoms with Gasteiger partial charge in [0.2, 0.25) is 5.95 Å². The Hall–Kier alpha value is -3.03. The predicted octanol–water partition coefficient (Wildman–Crippen LogP) is 0.903. The zero-order valence-electron chi connectivity index (χ0n) is 11.4. The van der Waals surface area contributed by atoms with Crippen LogP contribution in [0.1, 0.15) is 11.4 Å². The molecule has 0 saturated heterocycles. The molecule has 0 fully saturated rings. The van der Waals surface area contributed by atoms with Gasteiger partial charge in [0.05, 0.1) is 12.1 Å². The second kappa shape index (κ2) is 4.82. The zero-order valence-corrected chi connectivity index (χ0v) is 11.4. The van der Waals surface area contributed by atoms with Crippen LogP contribution in [-0.2, 0) is 13.6 Å². The molecule has 21 heavy (non-hydrogen) atoms. The van der Waals surface area contributed by atoms with Crippen molar-refractivity contribution in [1.29, 1.82) is 5.41 Å². The van der Waals surface area contributed by atoms with Gasteiger partial charge < -0.3 is 20.8 Å². The van der Waals surface area contributed by atoms with Crippen molar-refractivity contribution >= 4 is 22.8 Å². The van der Waals surface area contributed by atoms with Gasteiger partial charge in [-0.1, -0.05) is 6.07 Å². The van der Waals surface area contributed by atoms with Crippen molar-refractivity contribution < 1.29 is 5.21 Å². The predicted molar refractivity (Wildman–Crippen MR) is 78.5 cm³/mol. The number of nitrogen functional groups attached to an aromatic ring is 1. The summed E-state index contributed by atoms with van der Waals surface area (Å²) < 4.78 is 2.79. The summed E-state index contributed by atoms with van der Waals surface area (Å²) in [6.45, 7) is 0.419. The molecule has 0 bridgehead atoms. The molecule has 2 heterocycles. The van der Waals surface area contributed by atoms with Crippen LogP contribution < -0.4 is 11.1 Å². The first-order valence-corrected chi connectivity index (χ1v) is 6.33. The van der Waals surface area contributed by atoms with Crippen LogP contribution >= 0.6 is 0 Å². The van der Waals surface area contributed by atoms with Gasteiger partial charge in [-0.3, -0.25) is 5.41 Å². The Kier molecular flexibility index (Phi) is 2.98. The van der Waals surface area contributed by atoms with Crippen LogP contribution in [0.25, 0.3) is 11.0 Å². The first kappa shape index (κ1) is 13.0. The number of hydrogen-bond donors (Lipinski definition) is 4. The Morgan fingerprint density at radius 1 is 1.48 bits per heavy atom. The molecule has 0 amide bonds. The van der Waals surface area contributed by atoms with E-state index in [0.717, 1.165) is 10.6 Å². The standard InChI is InChI=1S/C13H15N7O/c1-19-6-5-16-10(19)7-17-13-18-9-4-2-3-8(12(14)15)11(9)20(13)21/h2-6,21H,7H2,1H3,(H3,14,15)(H,17,18). The van der Waals surface area contributed by atoms with Crippen molar-refractivity contribution in [2.45, 2.75) is 6.54 Å². The molecule has 108 valence electrons. The van der Waals surface area contributed by atoms with Gasteiger partial charge >= 0.3 is 0 Å². The summed E-state index contributed by atoms with van der Waals surface area (Å²) in [7, 11) is 1.89. The molecule has 0 aliphatic carbocycles. The maximum atomic E-state index is 10.2. The van der Waals surface area contributed by atoms with E-state index in [1.165, 1.54) is 0 Å². The number of aryl methyl sites for hydroxylation is 1. The highest BCUT2D eigenvalue weighted by molar-refractivity contribution is 6.06. The van der Waals surface area contributed by atoms with Crippen LogP contribution in [0.5, 0.6) is 0 Å². The summed E-state index contributed by atoms with van der Waals surface area (Å²) in [6, 6.07) is 5.16. The fourth-order valence-electron chi connectivity index (χ4n) is 2.17. The average molecular weight is 285 g/mol. The number of imidazole rings is 2. The van der Waals surface area contributed by atoms with Gasteiger partial charge in [-0.2, -0.15) is 0 Å². The number of para-hydroxylation sites is 1. The van der Waals surface area contributed by atoms with E-state index in [4.69, 9.17) is 11.1 Å². The molecule has 3 aromatic rings. The van der Waals surface area contributed by atoms with Crippen LogP contribution in [0, 0.1) is 5.41 Å². The van der Waals surface area contributed by atoms with Crippen molar-refractivity contribution in [2.24, 2.45) is 12.8 Å². The molecular formula is C13H15N7O. The lowest BCUT2D eigenvalue weighted by Crippen LogP contribution is -2.13. The summed E-state index contributed by atoms with van der Waals surface area (Å²) in [4.78, 5) is 8.48. The number of fused-ring (bicyclic) bond motifs is 1. The summed E-state index contributed by atoms with van der Waals surface area (Å²) in [5.74, 6) is 0.974. The van der Waals surface area contributed by atoms with E-state index in [1.54, 1.807) is 24.4 Å². The van der Waals surface area contributed by atoms with Crippen molar-refractivity contribution in [2.75, 3.05) is 5.32 Å². The number of anilines is 1. The molecule has 0 saturated carbocycles. The molecule has 0 radical (unpaired) electrons. The molecule has 0 unspecified atom stereocenters. The van der Waals surface area contributed by atoms with E-state index >= 15 is 0 Å². The monoisotopic (exact) mass is 285 g/mol. The van der Waals surface area contributed by atoms with Crippen molar-refractivity contribution in [1.82, 2.24) is 19.3 Å². The molecule has 0 aliphatic rings. The molecule has 0 spiro atoms. The summed E-state index contributed by atoms with van der Waals surface area (Å²) in [6.07, 6.45) is 3.54. The van der Waals surface area contributed by atoms with Crippen LogP contribution in [-0.4, -0.2) is 30.3 Å². The summed E-state index contributed by atoms with van der Waals surface area (Å²) >= 11 is 0. The van der Waals surface area contributed by atoms with Gasteiger partial charge in [0.15, 0.2) is 0 Å². The van der Waals surface area contributed by atoms with E-state index in [2.05, 4.69) is 15.3 Å². The Morgan fingerprint density at radius 2 is 2.29 bits per heavy atom. The van der Waals surface area contributed by atoms with Crippen LogP contribution in [0.4, 0.5) is 5.95 Å². The van der Waals surface area contributed by atoms with Crippen molar-refractivity contribution in [3.05, 3.63) is 42.0 Å². The normalized spacial score (nSPS) is 10.9. The highest BCUT2D eigenvalue weighted by atomic mass is 16.5. The largest absolute Gasteiger partial charge is 0.425 e. The first-order valence-electron chi connectivity index (χ1n) is 6.33. The fourth-order valence-corrected chi connectivity index (χ4v) is 2.17. The number of rotatable bonds is 4. The molecule has 5 N–H and O–H groups in total. The topological polar surface area (TPSA) is 118 Å². The van der Waals surface area contributed by atoms with Crippen molar-refractivity contribution in [3.8, 4) is 0 Å². The number of hydrogen-bond acceptors (Lipinski definition) is 5. The SMILES string of the molecule is Cn1ccnc1CNc1nc2cccc(C(=N)N)c2n1O. The van der Waals surface area contributed by atoms with Gasteiger partial charge in [0.25, 0.3) is 0 Å². The maximum absolute atomic E-state index is 10.2. The van der Waals surface area contributed by atoms with E-state index in [1.807, 2.05) is 17.8 Å². The zero-order chi connectivity index (χ0) is 15.0. The highest BCUT2D eigenvalue weighted by Crippen LogP contribution is 2.21.